The highest BCUT2D eigenvalue weighted by Gasteiger charge is 2.23. The van der Waals surface area contributed by atoms with Crippen molar-refractivity contribution in [2.75, 3.05) is 6.54 Å². The number of nitrogens with one attached hydrogen (secondary N) is 1. The van der Waals surface area contributed by atoms with Crippen LogP contribution in [-0.2, 0) is 19.2 Å². The van der Waals surface area contributed by atoms with E-state index < -0.39 is 5.60 Å². The molecular formula is C15H21N3O. The fourth-order valence-corrected chi connectivity index (χ4v) is 2.07. The van der Waals surface area contributed by atoms with Crippen LogP contribution < -0.4 is 5.32 Å². The molecular weight excluding hydrogens is 238 g/mol. The van der Waals surface area contributed by atoms with Gasteiger partial charge in [-0.15, -0.1) is 0 Å². The lowest BCUT2D eigenvalue weighted by molar-refractivity contribution is 0.0566. The maximum absolute atomic E-state index is 10.4. The van der Waals surface area contributed by atoms with Crippen LogP contribution >= 0.6 is 0 Å². The zero-order valence-corrected chi connectivity index (χ0v) is 11.7. The summed E-state index contributed by atoms with van der Waals surface area (Å²) in [6, 6.07) is 8.35. The number of aliphatic hydroxyl groups is 1. The number of aryl methyl sites for hydroxylation is 2. The predicted octanol–water partition coefficient (Wildman–Crippen LogP) is 1.73. The lowest BCUT2D eigenvalue weighted by Crippen LogP contribution is -2.34. The molecule has 4 heteroatoms. The van der Waals surface area contributed by atoms with E-state index in [1.165, 1.54) is 11.1 Å². The summed E-state index contributed by atoms with van der Waals surface area (Å²) in [7, 11) is 1.85. The van der Waals surface area contributed by atoms with Crippen molar-refractivity contribution < 1.29 is 5.11 Å². The Kier molecular flexibility index (Phi) is 4.02. The molecule has 1 aromatic heterocycles. The van der Waals surface area contributed by atoms with Crippen molar-refractivity contribution in [3.8, 4) is 0 Å². The van der Waals surface area contributed by atoms with Crippen LogP contribution in [0, 0.1) is 6.92 Å². The average molecular weight is 259 g/mol. The smallest absolute Gasteiger partial charge is 0.102 e. The van der Waals surface area contributed by atoms with E-state index in [9.17, 15) is 5.11 Å². The Labute approximate surface area is 114 Å². The summed E-state index contributed by atoms with van der Waals surface area (Å²) >= 11 is 0. The lowest BCUT2D eigenvalue weighted by Gasteiger charge is -2.22. The van der Waals surface area contributed by atoms with Gasteiger partial charge in [0.15, 0.2) is 0 Å². The monoisotopic (exact) mass is 259 g/mol. The minimum absolute atomic E-state index is 0.493. The molecule has 0 aliphatic rings. The van der Waals surface area contributed by atoms with E-state index in [2.05, 4.69) is 35.5 Å². The van der Waals surface area contributed by atoms with Crippen molar-refractivity contribution in [3.05, 3.63) is 53.3 Å². The second-order valence-corrected chi connectivity index (χ2v) is 5.27. The molecule has 1 aromatic carbocycles. The van der Waals surface area contributed by atoms with Crippen LogP contribution in [0.25, 0.3) is 0 Å². The van der Waals surface area contributed by atoms with Crippen LogP contribution in [0.1, 0.15) is 23.6 Å². The van der Waals surface area contributed by atoms with Crippen LogP contribution in [0.2, 0.25) is 0 Å². The Balaban J connectivity index is 1.91. The first-order valence-corrected chi connectivity index (χ1v) is 6.45. The molecule has 0 saturated heterocycles. The van der Waals surface area contributed by atoms with Gasteiger partial charge in [0.25, 0.3) is 0 Å². The molecule has 2 rings (SSSR count). The topological polar surface area (TPSA) is 50.1 Å². The van der Waals surface area contributed by atoms with Crippen molar-refractivity contribution in [2.24, 2.45) is 7.05 Å². The highest BCUT2D eigenvalue weighted by atomic mass is 16.3. The standard InChI is InChI=1S/C15H21N3O/c1-12-5-4-6-13(7-12)8-16-11-15(2,19)14-9-17-18(3)10-14/h4-7,9-10,16,19H,8,11H2,1-3H3. The molecule has 2 N–H and O–H groups in total. The van der Waals surface area contributed by atoms with Crippen molar-refractivity contribution in [1.82, 2.24) is 15.1 Å². The summed E-state index contributed by atoms with van der Waals surface area (Å²) < 4.78 is 1.70. The number of hydrogen-bond donors (Lipinski definition) is 2. The molecule has 0 aliphatic heterocycles. The first kappa shape index (κ1) is 13.8. The van der Waals surface area contributed by atoms with Crippen molar-refractivity contribution in [3.63, 3.8) is 0 Å². The highest BCUT2D eigenvalue weighted by molar-refractivity contribution is 5.22. The molecule has 2 aromatic rings. The normalized spacial score (nSPS) is 14.3. The lowest BCUT2D eigenvalue weighted by atomic mass is 9.99. The number of hydrogen-bond acceptors (Lipinski definition) is 3. The van der Waals surface area contributed by atoms with Gasteiger partial charge in [-0.3, -0.25) is 4.68 Å². The van der Waals surface area contributed by atoms with Crippen LogP contribution in [0.3, 0.4) is 0 Å². The van der Waals surface area contributed by atoms with Gasteiger partial charge in [-0.25, -0.2) is 0 Å². The van der Waals surface area contributed by atoms with E-state index in [0.29, 0.717) is 6.54 Å². The third kappa shape index (κ3) is 3.66. The summed E-state index contributed by atoms with van der Waals surface area (Å²) in [5.74, 6) is 0. The Hall–Kier alpha value is -1.65. The van der Waals surface area contributed by atoms with Crippen LogP contribution in [0.4, 0.5) is 0 Å². The van der Waals surface area contributed by atoms with Crippen LogP contribution in [-0.4, -0.2) is 21.4 Å². The molecule has 0 spiro atoms. The van der Waals surface area contributed by atoms with Gasteiger partial charge in [0, 0.05) is 31.9 Å². The van der Waals surface area contributed by atoms with Crippen molar-refractivity contribution >= 4 is 0 Å². The Morgan fingerprint density at radius 1 is 1.42 bits per heavy atom. The third-order valence-electron chi connectivity index (χ3n) is 3.21. The van der Waals surface area contributed by atoms with Gasteiger partial charge in [-0.2, -0.15) is 5.10 Å². The van der Waals surface area contributed by atoms with Gasteiger partial charge in [-0.05, 0) is 19.4 Å². The minimum Gasteiger partial charge on any atom is -0.384 e. The molecule has 102 valence electrons. The van der Waals surface area contributed by atoms with E-state index in [-0.39, 0.29) is 0 Å². The second kappa shape index (κ2) is 5.55. The van der Waals surface area contributed by atoms with E-state index in [1.54, 1.807) is 17.8 Å². The Morgan fingerprint density at radius 2 is 2.21 bits per heavy atom. The van der Waals surface area contributed by atoms with Gasteiger partial charge in [0.05, 0.1) is 6.20 Å². The minimum atomic E-state index is -0.905. The summed E-state index contributed by atoms with van der Waals surface area (Å²) in [6.45, 7) is 5.12. The SMILES string of the molecule is Cc1cccc(CNCC(C)(O)c2cnn(C)c2)c1. The van der Waals surface area contributed by atoms with Crippen molar-refractivity contribution in [2.45, 2.75) is 26.0 Å². The molecule has 0 radical (unpaired) electrons. The molecule has 0 saturated carbocycles. The average Bonchev–Trinajstić information content (AvgIpc) is 2.76. The van der Waals surface area contributed by atoms with Gasteiger partial charge in [0.1, 0.15) is 5.60 Å². The number of aromatic nitrogens is 2. The fourth-order valence-electron chi connectivity index (χ4n) is 2.07. The predicted molar refractivity (Wildman–Crippen MR) is 75.7 cm³/mol. The molecule has 0 amide bonds. The highest BCUT2D eigenvalue weighted by Crippen LogP contribution is 2.18. The van der Waals surface area contributed by atoms with Gasteiger partial charge < -0.3 is 10.4 Å². The first-order valence-electron chi connectivity index (χ1n) is 6.45. The summed E-state index contributed by atoms with van der Waals surface area (Å²) in [6.07, 6.45) is 3.54. The number of rotatable bonds is 5. The molecule has 0 bridgehead atoms. The van der Waals surface area contributed by atoms with Gasteiger partial charge in [-0.1, -0.05) is 29.8 Å². The van der Waals surface area contributed by atoms with E-state index in [4.69, 9.17) is 0 Å². The maximum atomic E-state index is 10.4. The zero-order chi connectivity index (χ0) is 13.9. The molecule has 19 heavy (non-hydrogen) atoms. The fraction of sp³-hybridized carbons (Fsp3) is 0.400. The first-order chi connectivity index (χ1) is 8.97. The zero-order valence-electron chi connectivity index (χ0n) is 11.7. The third-order valence-corrected chi connectivity index (χ3v) is 3.21. The van der Waals surface area contributed by atoms with Gasteiger partial charge >= 0.3 is 0 Å². The number of nitrogens with zero attached hydrogens (tertiary/aromatic N) is 2. The molecule has 1 unspecified atom stereocenters. The Morgan fingerprint density at radius 3 is 2.84 bits per heavy atom. The largest absolute Gasteiger partial charge is 0.384 e. The molecule has 1 heterocycles. The molecule has 0 fully saturated rings. The number of benzene rings is 1. The van der Waals surface area contributed by atoms with Crippen molar-refractivity contribution in [1.29, 1.82) is 0 Å². The molecule has 4 nitrogen and oxygen atoms in total. The van der Waals surface area contributed by atoms with Crippen LogP contribution in [0.15, 0.2) is 36.7 Å². The van der Waals surface area contributed by atoms with E-state index in [1.807, 2.05) is 19.3 Å². The van der Waals surface area contributed by atoms with Gasteiger partial charge in [0.2, 0.25) is 0 Å². The summed E-state index contributed by atoms with van der Waals surface area (Å²) in [5, 5.41) is 17.8. The summed E-state index contributed by atoms with van der Waals surface area (Å²) in [4.78, 5) is 0. The van der Waals surface area contributed by atoms with E-state index >= 15 is 0 Å². The second-order valence-electron chi connectivity index (χ2n) is 5.27. The summed E-state index contributed by atoms with van der Waals surface area (Å²) in [5.41, 5.74) is 2.39. The molecule has 1 atom stereocenters. The molecule has 0 aliphatic carbocycles. The quantitative estimate of drug-likeness (QED) is 0.859. The maximum Gasteiger partial charge on any atom is 0.102 e. The van der Waals surface area contributed by atoms with Crippen LogP contribution in [0.5, 0.6) is 0 Å². The Bertz CT molecular complexity index is 546. The van der Waals surface area contributed by atoms with E-state index in [0.717, 1.165) is 12.1 Å².